The summed E-state index contributed by atoms with van der Waals surface area (Å²) < 4.78 is 21.0. The number of alkyl carbamates (subject to hydrolysis) is 1. The Labute approximate surface area is 188 Å². The fraction of sp³-hybridized carbons (Fsp3) is 0.571. The third kappa shape index (κ3) is 14.3. The van der Waals surface area contributed by atoms with Gasteiger partial charge in [0.2, 0.25) is 11.8 Å². The number of carbonyl (C=O) groups is 3. The number of ether oxygens (including phenoxy) is 4. The van der Waals surface area contributed by atoms with Gasteiger partial charge in [-0.3, -0.25) is 9.59 Å². The molecule has 0 aromatic heterocycles. The van der Waals surface area contributed by atoms with E-state index < -0.39 is 23.9 Å². The average molecular weight is 455 g/mol. The molecule has 0 bridgehead atoms. The first-order valence-electron chi connectivity index (χ1n) is 10.5. The zero-order valence-corrected chi connectivity index (χ0v) is 18.3. The molecule has 0 unspecified atom stereocenters. The van der Waals surface area contributed by atoms with Gasteiger partial charge >= 0.3 is 6.09 Å². The minimum Gasteiger partial charge on any atom is -0.445 e. The smallest absolute Gasteiger partial charge is 0.408 e. The first kappa shape index (κ1) is 27.3. The monoisotopic (exact) mass is 454 g/mol. The summed E-state index contributed by atoms with van der Waals surface area (Å²) in [6.07, 6.45) is -0.759. The molecule has 6 N–H and O–H groups in total. The second-order valence-corrected chi connectivity index (χ2v) is 6.68. The van der Waals surface area contributed by atoms with Crippen LogP contribution in [0.4, 0.5) is 4.79 Å². The lowest BCUT2D eigenvalue weighted by Crippen LogP contribution is -2.48. The van der Waals surface area contributed by atoms with Crippen molar-refractivity contribution in [3.05, 3.63) is 35.9 Å². The van der Waals surface area contributed by atoms with Gasteiger partial charge in [0.25, 0.3) is 0 Å². The molecule has 0 aliphatic heterocycles. The molecule has 1 aromatic rings. The van der Waals surface area contributed by atoms with E-state index in [1.807, 2.05) is 30.3 Å². The fourth-order valence-electron chi connectivity index (χ4n) is 2.46. The van der Waals surface area contributed by atoms with E-state index in [1.54, 1.807) is 0 Å². The highest BCUT2D eigenvalue weighted by atomic mass is 16.6. The molecule has 11 nitrogen and oxygen atoms in total. The summed E-state index contributed by atoms with van der Waals surface area (Å²) >= 11 is 0. The standard InChI is InChI=1S/C21H34N4O7/c22-8-10-29-12-14-31-15-13-30-11-9-24-20(27)18(6-7-19(23)26)25-21(28)32-16-17-4-2-1-3-5-17/h1-5,18H,6-16,22H2,(H2,23,26)(H,24,27)(H,25,28)/t18-/m0/s1. The molecule has 0 aliphatic carbocycles. The van der Waals surface area contributed by atoms with Crippen LogP contribution in [0.15, 0.2) is 30.3 Å². The van der Waals surface area contributed by atoms with Crippen LogP contribution < -0.4 is 22.1 Å². The van der Waals surface area contributed by atoms with Gasteiger partial charge in [0.05, 0.1) is 39.6 Å². The molecule has 11 heteroatoms. The molecule has 1 aromatic carbocycles. The summed E-state index contributed by atoms with van der Waals surface area (Å²) in [4.78, 5) is 35.5. The predicted octanol–water partition coefficient (Wildman–Crippen LogP) is -0.328. The Morgan fingerprint density at radius 3 is 2.16 bits per heavy atom. The molecule has 1 atom stereocenters. The maximum Gasteiger partial charge on any atom is 0.408 e. The highest BCUT2D eigenvalue weighted by molar-refractivity contribution is 5.86. The molecule has 0 radical (unpaired) electrons. The molecule has 1 rings (SSSR count). The summed E-state index contributed by atoms with van der Waals surface area (Å²) in [5.41, 5.74) is 11.3. The van der Waals surface area contributed by atoms with Crippen LogP contribution in [0.3, 0.4) is 0 Å². The first-order chi connectivity index (χ1) is 15.5. The van der Waals surface area contributed by atoms with Crippen LogP contribution >= 0.6 is 0 Å². The van der Waals surface area contributed by atoms with E-state index in [0.29, 0.717) is 39.6 Å². The zero-order valence-electron chi connectivity index (χ0n) is 18.3. The summed E-state index contributed by atoms with van der Waals surface area (Å²) in [5, 5.41) is 5.12. The second-order valence-electron chi connectivity index (χ2n) is 6.68. The lowest BCUT2D eigenvalue weighted by atomic mass is 10.1. The lowest BCUT2D eigenvalue weighted by Gasteiger charge is -2.18. The minimum absolute atomic E-state index is 0.0557. The van der Waals surface area contributed by atoms with Crippen LogP contribution in [-0.4, -0.2) is 76.7 Å². The zero-order chi connectivity index (χ0) is 23.4. The van der Waals surface area contributed by atoms with Crippen LogP contribution in [-0.2, 0) is 35.1 Å². The quantitative estimate of drug-likeness (QED) is 0.219. The molecular weight excluding hydrogens is 420 g/mol. The summed E-state index contributed by atoms with van der Waals surface area (Å²) in [6, 6.07) is 8.17. The Morgan fingerprint density at radius 1 is 0.906 bits per heavy atom. The summed E-state index contributed by atoms with van der Waals surface area (Å²) in [7, 11) is 0. The Kier molecular flexibility index (Phi) is 15.3. The molecule has 0 spiro atoms. The highest BCUT2D eigenvalue weighted by Crippen LogP contribution is 2.02. The van der Waals surface area contributed by atoms with Gasteiger partial charge in [-0.1, -0.05) is 30.3 Å². The minimum atomic E-state index is -0.956. The van der Waals surface area contributed by atoms with Crippen LogP contribution in [0, 0.1) is 0 Å². The SMILES string of the molecule is NCCOCCOCCOCCNC(=O)[C@H](CCC(N)=O)NC(=O)OCc1ccccc1. The van der Waals surface area contributed by atoms with E-state index in [9.17, 15) is 14.4 Å². The number of rotatable bonds is 18. The van der Waals surface area contributed by atoms with Gasteiger partial charge < -0.3 is 41.0 Å². The number of benzene rings is 1. The van der Waals surface area contributed by atoms with Crippen molar-refractivity contribution < 1.29 is 33.3 Å². The molecule has 32 heavy (non-hydrogen) atoms. The van der Waals surface area contributed by atoms with Crippen molar-refractivity contribution in [3.8, 4) is 0 Å². The van der Waals surface area contributed by atoms with Crippen LogP contribution in [0.5, 0.6) is 0 Å². The van der Waals surface area contributed by atoms with E-state index in [4.69, 9.17) is 30.4 Å². The number of nitrogens with two attached hydrogens (primary N) is 2. The van der Waals surface area contributed by atoms with Crippen molar-refractivity contribution in [2.24, 2.45) is 11.5 Å². The van der Waals surface area contributed by atoms with E-state index >= 15 is 0 Å². The van der Waals surface area contributed by atoms with Crippen LogP contribution in [0.25, 0.3) is 0 Å². The number of hydrogen-bond donors (Lipinski definition) is 4. The lowest BCUT2D eigenvalue weighted by molar-refractivity contribution is -0.123. The van der Waals surface area contributed by atoms with Crippen LogP contribution in [0.2, 0.25) is 0 Å². The van der Waals surface area contributed by atoms with Gasteiger partial charge in [-0.15, -0.1) is 0 Å². The average Bonchev–Trinajstić information content (AvgIpc) is 2.79. The van der Waals surface area contributed by atoms with E-state index in [-0.39, 0.29) is 32.6 Å². The van der Waals surface area contributed by atoms with Crippen molar-refractivity contribution in [1.82, 2.24) is 10.6 Å². The second kappa shape index (κ2) is 17.9. The van der Waals surface area contributed by atoms with Gasteiger partial charge in [-0.2, -0.15) is 0 Å². The van der Waals surface area contributed by atoms with Gasteiger partial charge in [0.1, 0.15) is 12.6 Å². The summed E-state index contributed by atoms with van der Waals surface area (Å²) in [5.74, 6) is -1.03. The van der Waals surface area contributed by atoms with Gasteiger partial charge in [0.15, 0.2) is 0 Å². The van der Waals surface area contributed by atoms with Crippen LogP contribution in [0.1, 0.15) is 18.4 Å². The number of amides is 3. The largest absolute Gasteiger partial charge is 0.445 e. The third-order valence-electron chi connectivity index (χ3n) is 4.05. The molecule has 0 heterocycles. The molecule has 180 valence electrons. The Balaban J connectivity index is 2.25. The highest BCUT2D eigenvalue weighted by Gasteiger charge is 2.21. The molecule has 3 amide bonds. The topological polar surface area (TPSA) is 164 Å². The summed E-state index contributed by atoms with van der Waals surface area (Å²) in [6.45, 7) is 3.21. The van der Waals surface area contributed by atoms with Gasteiger partial charge in [-0.05, 0) is 12.0 Å². The first-order valence-corrected chi connectivity index (χ1v) is 10.5. The van der Waals surface area contributed by atoms with Crippen molar-refractivity contribution >= 4 is 17.9 Å². The Bertz CT molecular complexity index is 661. The van der Waals surface area contributed by atoms with Gasteiger partial charge in [0, 0.05) is 19.5 Å². The predicted molar refractivity (Wildman–Crippen MR) is 117 cm³/mol. The van der Waals surface area contributed by atoms with Crippen molar-refractivity contribution in [2.75, 3.05) is 52.7 Å². The van der Waals surface area contributed by atoms with E-state index in [0.717, 1.165) is 5.56 Å². The number of primary amides is 1. The Hall–Kier alpha value is -2.73. The van der Waals surface area contributed by atoms with E-state index in [1.165, 1.54) is 0 Å². The maximum atomic E-state index is 12.4. The molecule has 0 aliphatic rings. The third-order valence-corrected chi connectivity index (χ3v) is 4.05. The fourth-order valence-corrected chi connectivity index (χ4v) is 2.46. The number of carbonyl (C=O) groups excluding carboxylic acids is 3. The van der Waals surface area contributed by atoms with Gasteiger partial charge in [-0.25, -0.2) is 4.79 Å². The molecular formula is C21H34N4O7. The van der Waals surface area contributed by atoms with Crippen molar-refractivity contribution in [1.29, 1.82) is 0 Å². The molecule has 0 saturated carbocycles. The molecule has 0 saturated heterocycles. The molecule has 0 fully saturated rings. The number of nitrogens with one attached hydrogen (secondary N) is 2. The maximum absolute atomic E-state index is 12.4. The van der Waals surface area contributed by atoms with E-state index in [2.05, 4.69) is 10.6 Å². The van der Waals surface area contributed by atoms with Crippen molar-refractivity contribution in [2.45, 2.75) is 25.5 Å². The normalized spacial score (nSPS) is 11.5. The number of hydrogen-bond acceptors (Lipinski definition) is 8. The Morgan fingerprint density at radius 2 is 1.53 bits per heavy atom. The van der Waals surface area contributed by atoms with Crippen molar-refractivity contribution in [3.63, 3.8) is 0 Å².